The van der Waals surface area contributed by atoms with Crippen molar-refractivity contribution in [3.63, 3.8) is 0 Å². The fourth-order valence-electron chi connectivity index (χ4n) is 5.97. The predicted molar refractivity (Wildman–Crippen MR) is 175 cm³/mol. The molecule has 1 amide bonds. The molecule has 1 saturated carbocycles. The zero-order valence-corrected chi connectivity index (χ0v) is 26.8. The molecule has 1 saturated heterocycles. The number of hydrogen-bond acceptors (Lipinski definition) is 7. The molecule has 9 heteroatoms. The number of carboxylic acids is 1. The highest BCUT2D eigenvalue weighted by molar-refractivity contribution is 5.94. The Hall–Kier alpha value is -3.56. The molecule has 44 heavy (non-hydrogen) atoms. The Balaban J connectivity index is 0.000000802. The van der Waals surface area contributed by atoms with Gasteiger partial charge in [0.25, 0.3) is 5.91 Å². The van der Waals surface area contributed by atoms with Crippen LogP contribution >= 0.6 is 0 Å². The number of ether oxygens (including phenoxy) is 2. The molecule has 0 spiro atoms. The van der Waals surface area contributed by atoms with Crippen molar-refractivity contribution in [3.8, 4) is 0 Å². The summed E-state index contributed by atoms with van der Waals surface area (Å²) in [6.07, 6.45) is 8.46. The van der Waals surface area contributed by atoms with E-state index >= 15 is 0 Å². The topological polar surface area (TPSA) is 104 Å². The molecule has 1 aliphatic heterocycles. The number of rotatable bonds is 12. The maximum absolute atomic E-state index is 12.7. The highest BCUT2D eigenvalue weighted by Crippen LogP contribution is 2.41. The number of aliphatic carboxylic acids is 1. The summed E-state index contributed by atoms with van der Waals surface area (Å²) in [4.78, 5) is 27.2. The summed E-state index contributed by atoms with van der Waals surface area (Å²) < 4.78 is 16.7. The number of hydrogen-bond donors (Lipinski definition) is 2. The van der Waals surface area contributed by atoms with Crippen molar-refractivity contribution < 1.29 is 28.6 Å². The van der Waals surface area contributed by atoms with Gasteiger partial charge in [-0.2, -0.15) is 0 Å². The number of carboxylic acid groups (broad SMARTS) is 1. The summed E-state index contributed by atoms with van der Waals surface area (Å²) in [6, 6.07) is 13.8. The smallest absolute Gasteiger partial charge is 0.305 e. The van der Waals surface area contributed by atoms with Gasteiger partial charge in [-0.15, -0.1) is 0 Å². The first kappa shape index (κ1) is 33.3. The predicted octanol–water partition coefficient (Wildman–Crippen LogP) is 6.90. The van der Waals surface area contributed by atoms with Crippen molar-refractivity contribution in [2.75, 3.05) is 64.3 Å². The number of carbonyl (C=O) groups excluding carboxylic acids is 1. The molecule has 2 heterocycles. The molecule has 1 aliphatic carbocycles. The minimum Gasteiger partial charge on any atom is -0.481 e. The Kier molecular flexibility index (Phi) is 12.5. The number of nitrogens with zero attached hydrogens (tertiary/aromatic N) is 2. The standard InChI is InChI=1S/C31H41N3O5.C4H8O/c1-21-26-20-25(33(2)18-19-38-4)14-15-27(26)39-30(21)29(22-8-6-5-7-9-22)32-24-12-10-23(11-13-24)31(37)34(3)17-16-28(35)36;1-2-4-5-3-1/h10-15,20,22,29,32H,5-9,16-19H2,1-4H3,(H,35,36);1-4H2. The van der Waals surface area contributed by atoms with E-state index in [0.717, 1.165) is 66.3 Å². The van der Waals surface area contributed by atoms with Crippen LogP contribution in [-0.4, -0.2) is 76.0 Å². The van der Waals surface area contributed by atoms with Crippen molar-refractivity contribution >= 4 is 34.2 Å². The van der Waals surface area contributed by atoms with Crippen LogP contribution in [0.1, 0.15) is 79.1 Å². The van der Waals surface area contributed by atoms with Crippen molar-refractivity contribution in [2.24, 2.45) is 5.92 Å². The average Bonchev–Trinajstić information content (AvgIpc) is 3.74. The zero-order valence-electron chi connectivity index (χ0n) is 26.8. The van der Waals surface area contributed by atoms with Gasteiger partial charge in [-0.1, -0.05) is 19.3 Å². The summed E-state index contributed by atoms with van der Waals surface area (Å²) in [7, 11) is 5.41. The van der Waals surface area contributed by atoms with Crippen molar-refractivity contribution in [3.05, 3.63) is 59.4 Å². The van der Waals surface area contributed by atoms with Crippen LogP contribution in [0.5, 0.6) is 0 Å². The third-order valence-electron chi connectivity index (χ3n) is 8.72. The third-order valence-corrected chi connectivity index (χ3v) is 8.72. The Labute approximate surface area is 261 Å². The monoisotopic (exact) mass is 607 g/mol. The lowest BCUT2D eigenvalue weighted by molar-refractivity contribution is -0.137. The highest BCUT2D eigenvalue weighted by Gasteiger charge is 2.30. The van der Waals surface area contributed by atoms with E-state index in [1.165, 1.54) is 37.0 Å². The van der Waals surface area contributed by atoms with E-state index in [1.54, 1.807) is 26.3 Å². The summed E-state index contributed by atoms with van der Waals surface area (Å²) in [5, 5.41) is 13.8. The number of furan rings is 1. The fourth-order valence-corrected chi connectivity index (χ4v) is 5.97. The molecular weight excluding hydrogens is 558 g/mol. The summed E-state index contributed by atoms with van der Waals surface area (Å²) >= 11 is 0. The molecule has 240 valence electrons. The zero-order chi connectivity index (χ0) is 31.5. The first-order valence-corrected chi connectivity index (χ1v) is 15.9. The number of carbonyl (C=O) groups is 2. The number of benzene rings is 2. The molecule has 1 aromatic heterocycles. The second kappa shape index (κ2) is 16.5. The van der Waals surface area contributed by atoms with Gasteiger partial charge < -0.3 is 34.1 Å². The molecule has 9 nitrogen and oxygen atoms in total. The van der Waals surface area contributed by atoms with Gasteiger partial charge in [-0.25, -0.2) is 0 Å². The minimum atomic E-state index is -0.918. The Morgan fingerprint density at radius 1 is 1.00 bits per heavy atom. The summed E-state index contributed by atoms with van der Waals surface area (Å²) in [5.74, 6) is 0.316. The Bertz CT molecular complexity index is 1340. The van der Waals surface area contributed by atoms with Crippen LogP contribution in [0.3, 0.4) is 0 Å². The van der Waals surface area contributed by atoms with E-state index in [1.807, 2.05) is 12.1 Å². The number of amides is 1. The lowest BCUT2D eigenvalue weighted by Crippen LogP contribution is -2.29. The van der Waals surface area contributed by atoms with Crippen LogP contribution in [-0.2, 0) is 14.3 Å². The molecule has 1 unspecified atom stereocenters. The van der Waals surface area contributed by atoms with Crippen molar-refractivity contribution in [1.29, 1.82) is 0 Å². The maximum atomic E-state index is 12.7. The molecule has 3 aromatic rings. The number of methoxy groups -OCH3 is 1. The van der Waals surface area contributed by atoms with Crippen LogP contribution < -0.4 is 10.2 Å². The minimum absolute atomic E-state index is 0.0205. The lowest BCUT2D eigenvalue weighted by atomic mass is 9.82. The maximum Gasteiger partial charge on any atom is 0.305 e. The molecule has 2 N–H and O–H groups in total. The van der Waals surface area contributed by atoms with E-state index in [-0.39, 0.29) is 24.9 Å². The van der Waals surface area contributed by atoms with Crippen LogP contribution in [0.4, 0.5) is 11.4 Å². The van der Waals surface area contributed by atoms with Gasteiger partial charge in [0.2, 0.25) is 0 Å². The van der Waals surface area contributed by atoms with Gasteiger partial charge in [0.1, 0.15) is 11.3 Å². The van der Waals surface area contributed by atoms with Crippen molar-refractivity contribution in [1.82, 2.24) is 4.90 Å². The number of anilines is 2. The van der Waals surface area contributed by atoms with Gasteiger partial charge >= 0.3 is 5.97 Å². The first-order chi connectivity index (χ1) is 21.3. The quantitative estimate of drug-likeness (QED) is 0.229. The molecule has 0 radical (unpaired) electrons. The molecule has 2 aliphatic rings. The van der Waals surface area contributed by atoms with Gasteiger partial charge in [-0.3, -0.25) is 9.59 Å². The van der Waals surface area contributed by atoms with Crippen LogP contribution in [0.2, 0.25) is 0 Å². The fraction of sp³-hybridized carbons (Fsp3) is 0.543. The van der Waals surface area contributed by atoms with Crippen molar-refractivity contribution in [2.45, 2.75) is 64.3 Å². The molecule has 5 rings (SSSR count). The second-order valence-corrected chi connectivity index (χ2v) is 12.0. The van der Waals surface area contributed by atoms with Gasteiger partial charge in [0, 0.05) is 75.4 Å². The van der Waals surface area contributed by atoms with Gasteiger partial charge in [-0.05, 0) is 81.0 Å². The molecule has 2 fully saturated rings. The largest absolute Gasteiger partial charge is 0.481 e. The lowest BCUT2D eigenvalue weighted by Gasteiger charge is -2.31. The van der Waals surface area contributed by atoms with Crippen LogP contribution in [0, 0.1) is 12.8 Å². The van der Waals surface area contributed by atoms with Crippen LogP contribution in [0.15, 0.2) is 46.9 Å². The van der Waals surface area contributed by atoms with E-state index < -0.39 is 5.97 Å². The van der Waals surface area contributed by atoms with E-state index in [9.17, 15) is 9.59 Å². The first-order valence-electron chi connectivity index (χ1n) is 15.9. The molecule has 2 aromatic carbocycles. The second-order valence-electron chi connectivity index (χ2n) is 12.0. The average molecular weight is 608 g/mol. The summed E-state index contributed by atoms with van der Waals surface area (Å²) in [6.45, 7) is 5.80. The van der Waals surface area contributed by atoms with Gasteiger partial charge in [0.15, 0.2) is 0 Å². The van der Waals surface area contributed by atoms with Gasteiger partial charge in [0.05, 0.1) is 19.1 Å². The Morgan fingerprint density at radius 2 is 1.70 bits per heavy atom. The van der Waals surface area contributed by atoms with E-state index in [2.05, 4.69) is 42.4 Å². The van der Waals surface area contributed by atoms with E-state index in [0.29, 0.717) is 18.1 Å². The SMILES string of the molecule is C1CCOC1.COCCN(C)c1ccc2oc(C(Nc3ccc(C(=O)N(C)CCC(=O)O)cc3)C3CCCCC3)c(C)c2c1. The summed E-state index contributed by atoms with van der Waals surface area (Å²) in [5.41, 5.74) is 4.63. The normalized spacial score (nSPS) is 15.8. The van der Waals surface area contributed by atoms with E-state index in [4.69, 9.17) is 19.0 Å². The molecule has 0 bridgehead atoms. The number of fused-ring (bicyclic) bond motifs is 1. The highest BCUT2D eigenvalue weighted by atomic mass is 16.5. The third kappa shape index (κ3) is 8.99. The van der Waals surface area contributed by atoms with Crippen LogP contribution in [0.25, 0.3) is 11.0 Å². The number of likely N-dealkylation sites (N-methyl/N-ethyl adjacent to an activating group) is 1. The number of aryl methyl sites for hydroxylation is 1. The molecular formula is C35H49N3O6. The Morgan fingerprint density at radius 3 is 2.32 bits per heavy atom. The number of nitrogens with one attached hydrogen (secondary N) is 1. The molecule has 1 atom stereocenters.